The number of carboxylic acid groups (broad SMARTS) is 1. The van der Waals surface area contributed by atoms with Gasteiger partial charge in [0.15, 0.2) is 5.70 Å². The van der Waals surface area contributed by atoms with Gasteiger partial charge in [-0.3, -0.25) is 28.9 Å². The summed E-state index contributed by atoms with van der Waals surface area (Å²) in [5, 5.41) is 13.5. The summed E-state index contributed by atoms with van der Waals surface area (Å²) in [5.41, 5.74) is -0.677. The second kappa shape index (κ2) is 8.29. The lowest BCUT2D eigenvalue weighted by Crippen LogP contribution is -2.70. The molecule has 1 unspecified atom stereocenters. The van der Waals surface area contributed by atoms with Gasteiger partial charge in [-0.2, -0.15) is 0 Å². The van der Waals surface area contributed by atoms with E-state index in [0.717, 1.165) is 30.9 Å². The highest BCUT2D eigenvalue weighted by molar-refractivity contribution is 8.00. The van der Waals surface area contributed by atoms with Crippen LogP contribution in [0.4, 0.5) is 0 Å². The van der Waals surface area contributed by atoms with E-state index in [9.17, 15) is 33.9 Å². The SMILES string of the molecule is COC(=O)C(C(=O)NC1=C(C(=O)O)N2C(=O)C(NC(C)=O)[C@H]2SC1)C(=O)OC. The number of nitrogens with one attached hydrogen (secondary N) is 2. The van der Waals surface area contributed by atoms with Crippen LogP contribution in [0, 0.1) is 5.92 Å². The second-order valence-corrected chi connectivity index (χ2v) is 6.79. The Balaban J connectivity index is 2.30. The number of esters is 2. The van der Waals surface area contributed by atoms with E-state index in [4.69, 9.17) is 0 Å². The molecule has 1 saturated heterocycles. The van der Waals surface area contributed by atoms with Gasteiger partial charge in [0.1, 0.15) is 11.4 Å². The number of β-lactam (4-membered cyclic amide) rings is 1. The molecule has 3 amide bonds. The average Bonchev–Trinajstić information content (AvgIpc) is 2.64. The third kappa shape index (κ3) is 3.78. The first-order chi connectivity index (χ1) is 13.1. The molecule has 2 aliphatic heterocycles. The minimum atomic E-state index is -1.96. The van der Waals surface area contributed by atoms with Gasteiger partial charge in [-0.25, -0.2) is 4.79 Å². The molecule has 0 aromatic rings. The summed E-state index contributed by atoms with van der Waals surface area (Å²) in [6, 6.07) is -0.882. The zero-order valence-electron chi connectivity index (χ0n) is 15.0. The van der Waals surface area contributed by atoms with Gasteiger partial charge in [-0.15, -0.1) is 11.8 Å². The van der Waals surface area contributed by atoms with Crippen molar-refractivity contribution >= 4 is 47.4 Å². The number of nitrogens with zero attached hydrogens (tertiary/aromatic N) is 1. The maximum absolute atomic E-state index is 12.4. The van der Waals surface area contributed by atoms with Crippen LogP contribution in [0.3, 0.4) is 0 Å². The van der Waals surface area contributed by atoms with Crippen molar-refractivity contribution in [3.63, 3.8) is 0 Å². The highest BCUT2D eigenvalue weighted by Crippen LogP contribution is 2.39. The molecular formula is C15H17N3O9S. The van der Waals surface area contributed by atoms with Gasteiger partial charge in [0.25, 0.3) is 5.91 Å². The number of rotatable bonds is 6. The molecule has 0 bridgehead atoms. The highest BCUT2D eigenvalue weighted by atomic mass is 32.2. The minimum absolute atomic E-state index is 0.0486. The zero-order chi connectivity index (χ0) is 21.2. The number of carbonyl (C=O) groups excluding carboxylic acids is 5. The zero-order valence-corrected chi connectivity index (χ0v) is 15.8. The molecule has 1 fully saturated rings. The largest absolute Gasteiger partial charge is 0.477 e. The van der Waals surface area contributed by atoms with E-state index >= 15 is 0 Å². The monoisotopic (exact) mass is 415 g/mol. The summed E-state index contributed by atoms with van der Waals surface area (Å²) >= 11 is 1.10. The molecule has 0 radical (unpaired) electrons. The Morgan fingerprint density at radius 2 is 1.75 bits per heavy atom. The Morgan fingerprint density at radius 1 is 1.18 bits per heavy atom. The van der Waals surface area contributed by atoms with E-state index in [-0.39, 0.29) is 11.4 Å². The van der Waals surface area contributed by atoms with Crippen molar-refractivity contribution < 1.29 is 43.3 Å². The molecule has 0 aliphatic carbocycles. The molecule has 152 valence electrons. The molecule has 3 N–H and O–H groups in total. The van der Waals surface area contributed by atoms with Crippen LogP contribution in [-0.4, -0.2) is 77.0 Å². The molecule has 28 heavy (non-hydrogen) atoms. The molecule has 2 aliphatic rings. The smallest absolute Gasteiger partial charge is 0.354 e. The summed E-state index contributed by atoms with van der Waals surface area (Å²) in [7, 11) is 1.94. The minimum Gasteiger partial charge on any atom is -0.477 e. The standard InChI is InChI=1S/C15H17N3O9S/c1-5(19)16-8-11(21)18-9(13(22)23)6(4-28-12(8)18)17-10(20)7(14(24)26-2)15(25)27-3/h7-8,12H,4H2,1-3H3,(H,16,19)(H,17,20)(H,22,23)/t8?,12-/m1/s1. The fourth-order valence-corrected chi connectivity index (χ4v) is 3.98. The number of fused-ring (bicyclic) bond motifs is 1. The van der Waals surface area contributed by atoms with Gasteiger partial charge in [-0.1, -0.05) is 0 Å². The summed E-state index contributed by atoms with van der Waals surface area (Å²) in [4.78, 5) is 71.8. The van der Waals surface area contributed by atoms with Crippen LogP contribution >= 0.6 is 11.8 Å². The van der Waals surface area contributed by atoms with Crippen LogP contribution in [0.25, 0.3) is 0 Å². The van der Waals surface area contributed by atoms with Crippen LogP contribution in [0.1, 0.15) is 6.92 Å². The van der Waals surface area contributed by atoms with Gasteiger partial charge in [-0.05, 0) is 0 Å². The number of carboxylic acids is 1. The van der Waals surface area contributed by atoms with Crippen LogP contribution in [0.2, 0.25) is 0 Å². The molecule has 13 heteroatoms. The fraction of sp³-hybridized carbons (Fsp3) is 0.467. The molecular weight excluding hydrogens is 398 g/mol. The Kier molecular flexibility index (Phi) is 6.28. The van der Waals surface area contributed by atoms with Gasteiger partial charge in [0, 0.05) is 12.7 Å². The van der Waals surface area contributed by atoms with Crippen LogP contribution in [0.5, 0.6) is 0 Å². The topological polar surface area (TPSA) is 168 Å². The van der Waals surface area contributed by atoms with Crippen LogP contribution in [0.15, 0.2) is 11.4 Å². The number of methoxy groups -OCH3 is 2. The van der Waals surface area contributed by atoms with Crippen molar-refractivity contribution in [2.45, 2.75) is 18.3 Å². The van der Waals surface area contributed by atoms with E-state index < -0.39 is 58.7 Å². The molecule has 2 rings (SSSR count). The van der Waals surface area contributed by atoms with Crippen molar-refractivity contribution in [2.75, 3.05) is 20.0 Å². The molecule has 0 aromatic heterocycles. The lowest BCUT2D eigenvalue weighted by Gasteiger charge is -2.49. The van der Waals surface area contributed by atoms with Crippen molar-refractivity contribution in [3.8, 4) is 0 Å². The van der Waals surface area contributed by atoms with Crippen molar-refractivity contribution in [3.05, 3.63) is 11.4 Å². The van der Waals surface area contributed by atoms with Gasteiger partial charge in [0.05, 0.1) is 19.9 Å². The second-order valence-electron chi connectivity index (χ2n) is 5.69. The molecule has 0 spiro atoms. The Hall–Kier alpha value is -3.09. The fourth-order valence-electron chi connectivity index (χ4n) is 2.70. The van der Waals surface area contributed by atoms with Gasteiger partial charge >= 0.3 is 17.9 Å². The lowest BCUT2D eigenvalue weighted by molar-refractivity contribution is -0.162. The number of amides is 3. The van der Waals surface area contributed by atoms with Crippen LogP contribution < -0.4 is 10.6 Å². The first kappa shape index (κ1) is 21.2. The summed E-state index contributed by atoms with van der Waals surface area (Å²) < 4.78 is 8.79. The Bertz CT molecular complexity index is 778. The Labute approximate surface area is 162 Å². The Morgan fingerprint density at radius 3 is 2.21 bits per heavy atom. The number of carbonyl (C=O) groups is 6. The average molecular weight is 415 g/mol. The predicted octanol–water partition coefficient (Wildman–Crippen LogP) is -2.22. The third-order valence-electron chi connectivity index (χ3n) is 3.94. The lowest BCUT2D eigenvalue weighted by atomic mass is 10.0. The summed E-state index contributed by atoms with van der Waals surface area (Å²) in [5.74, 6) is -8.14. The normalized spacial score (nSPS) is 20.7. The maximum Gasteiger partial charge on any atom is 0.354 e. The molecule has 2 atom stereocenters. The molecule has 12 nitrogen and oxygen atoms in total. The van der Waals surface area contributed by atoms with Crippen molar-refractivity contribution in [2.24, 2.45) is 5.92 Å². The van der Waals surface area contributed by atoms with Crippen molar-refractivity contribution in [1.82, 2.24) is 15.5 Å². The van der Waals surface area contributed by atoms with E-state index in [1.807, 2.05) is 0 Å². The summed E-state index contributed by atoms with van der Waals surface area (Å²) in [6.07, 6.45) is 0. The van der Waals surface area contributed by atoms with E-state index in [1.165, 1.54) is 6.92 Å². The number of hydrogen-bond donors (Lipinski definition) is 3. The van der Waals surface area contributed by atoms with E-state index in [1.54, 1.807) is 0 Å². The third-order valence-corrected chi connectivity index (χ3v) is 5.22. The van der Waals surface area contributed by atoms with Gasteiger partial charge < -0.3 is 25.2 Å². The van der Waals surface area contributed by atoms with Crippen molar-refractivity contribution in [1.29, 1.82) is 0 Å². The molecule has 0 saturated carbocycles. The molecule has 2 heterocycles. The number of thioether (sulfide) groups is 1. The van der Waals surface area contributed by atoms with Crippen LogP contribution in [-0.2, 0) is 38.2 Å². The number of ether oxygens (including phenoxy) is 2. The van der Waals surface area contributed by atoms with E-state index in [2.05, 4.69) is 20.1 Å². The highest BCUT2D eigenvalue weighted by Gasteiger charge is 2.54. The molecule has 0 aromatic carbocycles. The quantitative estimate of drug-likeness (QED) is 0.245. The first-order valence-corrected chi connectivity index (χ1v) is 8.83. The first-order valence-electron chi connectivity index (χ1n) is 7.78. The predicted molar refractivity (Wildman–Crippen MR) is 91.0 cm³/mol. The van der Waals surface area contributed by atoms with E-state index in [0.29, 0.717) is 0 Å². The summed E-state index contributed by atoms with van der Waals surface area (Å²) in [6.45, 7) is 1.22. The van der Waals surface area contributed by atoms with Gasteiger partial charge in [0.2, 0.25) is 17.7 Å². The number of aliphatic carboxylic acids is 1. The number of hydrogen-bond acceptors (Lipinski definition) is 9. The maximum atomic E-state index is 12.4.